The molecule has 3 rings (SSSR count). The van der Waals surface area contributed by atoms with Crippen LogP contribution in [0.3, 0.4) is 0 Å². The lowest BCUT2D eigenvalue weighted by atomic mass is 9.99. The standard InChI is InChI=1S/C15H15N3O3/c19-14-6-5-13(17-18-14)15(20)16-8-12-7-10-3-1-2-4-11(10)9-21-12/h1-6,12H,7-9H2,(H,16,20)(H,18,19)/t12-/m1/s1. The Bertz CT molecular complexity index is 691. The van der Waals surface area contributed by atoms with E-state index in [2.05, 4.69) is 21.6 Å². The predicted octanol–water partition coefficient (Wildman–Crippen LogP) is 0.641. The maximum Gasteiger partial charge on any atom is 0.271 e. The largest absolute Gasteiger partial charge is 0.371 e. The molecule has 0 saturated carbocycles. The third kappa shape index (κ3) is 3.17. The van der Waals surface area contributed by atoms with Crippen molar-refractivity contribution in [2.45, 2.75) is 19.1 Å². The molecule has 1 aromatic heterocycles. The van der Waals surface area contributed by atoms with Crippen LogP contribution in [0.25, 0.3) is 0 Å². The number of ether oxygens (including phenoxy) is 1. The number of H-pyrrole nitrogens is 1. The van der Waals surface area contributed by atoms with E-state index in [9.17, 15) is 9.59 Å². The van der Waals surface area contributed by atoms with Gasteiger partial charge in [-0.1, -0.05) is 24.3 Å². The molecule has 2 aromatic rings. The quantitative estimate of drug-likeness (QED) is 0.867. The van der Waals surface area contributed by atoms with Crippen LogP contribution >= 0.6 is 0 Å². The highest BCUT2D eigenvalue weighted by Crippen LogP contribution is 2.19. The van der Waals surface area contributed by atoms with Crippen LogP contribution in [0.5, 0.6) is 0 Å². The summed E-state index contributed by atoms with van der Waals surface area (Å²) in [6.45, 7) is 0.974. The Balaban J connectivity index is 1.58. The number of aromatic amines is 1. The maximum atomic E-state index is 11.9. The lowest BCUT2D eigenvalue weighted by Gasteiger charge is -2.25. The van der Waals surface area contributed by atoms with E-state index in [0.717, 1.165) is 6.42 Å². The number of carbonyl (C=O) groups excluding carboxylic acids is 1. The molecule has 21 heavy (non-hydrogen) atoms. The molecule has 6 nitrogen and oxygen atoms in total. The molecule has 1 aromatic carbocycles. The maximum absolute atomic E-state index is 11.9. The van der Waals surface area contributed by atoms with Gasteiger partial charge in [0.05, 0.1) is 12.7 Å². The zero-order chi connectivity index (χ0) is 14.7. The summed E-state index contributed by atoms with van der Waals surface area (Å²) in [4.78, 5) is 22.8. The highest BCUT2D eigenvalue weighted by molar-refractivity contribution is 5.91. The molecule has 0 fully saturated rings. The first kappa shape index (κ1) is 13.5. The fraction of sp³-hybridized carbons (Fsp3) is 0.267. The highest BCUT2D eigenvalue weighted by Gasteiger charge is 2.19. The average molecular weight is 285 g/mol. The minimum absolute atomic E-state index is 0.0494. The number of fused-ring (bicyclic) bond motifs is 1. The van der Waals surface area contributed by atoms with Crippen molar-refractivity contribution in [2.24, 2.45) is 0 Å². The number of amides is 1. The summed E-state index contributed by atoms with van der Waals surface area (Å²) in [5.41, 5.74) is 2.30. The van der Waals surface area contributed by atoms with Crippen LogP contribution < -0.4 is 10.9 Å². The summed E-state index contributed by atoms with van der Waals surface area (Å²) in [7, 11) is 0. The van der Waals surface area contributed by atoms with Gasteiger partial charge >= 0.3 is 0 Å². The van der Waals surface area contributed by atoms with E-state index >= 15 is 0 Å². The Labute approximate surface area is 121 Å². The van der Waals surface area contributed by atoms with Crippen molar-refractivity contribution in [2.75, 3.05) is 6.54 Å². The van der Waals surface area contributed by atoms with Gasteiger partial charge in [-0.2, -0.15) is 5.10 Å². The summed E-state index contributed by atoms with van der Waals surface area (Å²) in [5, 5.41) is 8.69. The number of carbonyl (C=O) groups is 1. The predicted molar refractivity (Wildman–Crippen MR) is 75.9 cm³/mol. The molecule has 108 valence electrons. The van der Waals surface area contributed by atoms with Gasteiger partial charge in [-0.25, -0.2) is 5.10 Å². The molecule has 0 spiro atoms. The molecule has 0 unspecified atom stereocenters. The molecule has 1 atom stereocenters. The first-order valence-corrected chi connectivity index (χ1v) is 6.75. The van der Waals surface area contributed by atoms with Gasteiger partial charge in [0, 0.05) is 19.0 Å². The lowest BCUT2D eigenvalue weighted by Crippen LogP contribution is -2.37. The molecule has 1 aliphatic rings. The van der Waals surface area contributed by atoms with E-state index in [1.807, 2.05) is 18.2 Å². The molecular formula is C15H15N3O3. The summed E-state index contributed by atoms with van der Waals surface area (Å²) in [5.74, 6) is -0.325. The Morgan fingerprint density at radius 2 is 2.10 bits per heavy atom. The second-order valence-electron chi connectivity index (χ2n) is 4.92. The smallest absolute Gasteiger partial charge is 0.271 e. The highest BCUT2D eigenvalue weighted by atomic mass is 16.5. The van der Waals surface area contributed by atoms with E-state index in [1.165, 1.54) is 23.3 Å². The van der Waals surface area contributed by atoms with Crippen molar-refractivity contribution in [3.63, 3.8) is 0 Å². The van der Waals surface area contributed by atoms with E-state index in [1.54, 1.807) is 0 Å². The van der Waals surface area contributed by atoms with Crippen LogP contribution in [-0.4, -0.2) is 28.8 Å². The van der Waals surface area contributed by atoms with Crippen LogP contribution in [0.4, 0.5) is 0 Å². The molecular weight excluding hydrogens is 270 g/mol. The van der Waals surface area contributed by atoms with Gasteiger partial charge in [0.15, 0.2) is 0 Å². The SMILES string of the molecule is O=C(NC[C@H]1Cc2ccccc2CO1)c1ccc(=O)[nH]n1. The monoisotopic (exact) mass is 285 g/mol. The van der Waals surface area contributed by atoms with Gasteiger partial charge in [0.2, 0.25) is 0 Å². The normalized spacial score (nSPS) is 17.0. The van der Waals surface area contributed by atoms with Crippen molar-refractivity contribution < 1.29 is 9.53 Å². The van der Waals surface area contributed by atoms with Crippen LogP contribution in [-0.2, 0) is 17.8 Å². The molecule has 0 bridgehead atoms. The van der Waals surface area contributed by atoms with Gasteiger partial charge < -0.3 is 10.1 Å². The lowest BCUT2D eigenvalue weighted by molar-refractivity contribution is 0.0284. The van der Waals surface area contributed by atoms with Crippen molar-refractivity contribution in [1.82, 2.24) is 15.5 Å². The molecule has 2 heterocycles. The minimum atomic E-state index is -0.334. The number of hydrogen-bond acceptors (Lipinski definition) is 4. The molecule has 0 radical (unpaired) electrons. The van der Waals surface area contributed by atoms with Crippen molar-refractivity contribution >= 4 is 5.91 Å². The van der Waals surface area contributed by atoms with Gasteiger partial charge in [0.25, 0.3) is 11.5 Å². The summed E-state index contributed by atoms with van der Waals surface area (Å²) < 4.78 is 5.72. The molecule has 6 heteroatoms. The number of benzene rings is 1. The number of nitrogens with one attached hydrogen (secondary N) is 2. The van der Waals surface area contributed by atoms with Crippen molar-refractivity contribution in [1.29, 1.82) is 0 Å². The van der Waals surface area contributed by atoms with Gasteiger partial charge in [0.1, 0.15) is 5.69 Å². The van der Waals surface area contributed by atoms with E-state index in [0.29, 0.717) is 13.2 Å². The second-order valence-corrected chi connectivity index (χ2v) is 4.92. The van der Waals surface area contributed by atoms with Crippen LogP contribution in [0.15, 0.2) is 41.2 Å². The molecule has 1 aliphatic heterocycles. The Kier molecular flexibility index (Phi) is 3.79. The molecule has 0 saturated heterocycles. The van der Waals surface area contributed by atoms with E-state index < -0.39 is 0 Å². The zero-order valence-electron chi connectivity index (χ0n) is 11.3. The second kappa shape index (κ2) is 5.88. The first-order chi connectivity index (χ1) is 10.2. The van der Waals surface area contributed by atoms with Crippen LogP contribution in [0.2, 0.25) is 0 Å². The third-order valence-corrected chi connectivity index (χ3v) is 3.44. The van der Waals surface area contributed by atoms with Gasteiger partial charge in [-0.15, -0.1) is 0 Å². The summed E-state index contributed by atoms with van der Waals surface area (Å²) in [6.07, 6.45) is 0.724. The van der Waals surface area contributed by atoms with E-state index in [-0.39, 0.29) is 23.3 Å². The number of nitrogens with zero attached hydrogens (tertiary/aromatic N) is 1. The fourth-order valence-corrected chi connectivity index (χ4v) is 2.31. The summed E-state index contributed by atoms with van der Waals surface area (Å²) in [6, 6.07) is 10.8. The Morgan fingerprint density at radius 1 is 1.29 bits per heavy atom. The Morgan fingerprint density at radius 3 is 2.86 bits per heavy atom. The zero-order valence-corrected chi connectivity index (χ0v) is 11.3. The molecule has 2 N–H and O–H groups in total. The summed E-state index contributed by atoms with van der Waals surface area (Å²) >= 11 is 0. The molecule has 1 amide bonds. The van der Waals surface area contributed by atoms with Crippen LogP contribution in [0.1, 0.15) is 21.6 Å². The minimum Gasteiger partial charge on any atom is -0.371 e. The first-order valence-electron chi connectivity index (χ1n) is 6.75. The van der Waals surface area contributed by atoms with Crippen molar-refractivity contribution in [3.8, 4) is 0 Å². The third-order valence-electron chi connectivity index (χ3n) is 3.44. The number of aromatic nitrogens is 2. The topological polar surface area (TPSA) is 84.1 Å². The average Bonchev–Trinajstić information content (AvgIpc) is 2.53. The number of rotatable bonds is 3. The van der Waals surface area contributed by atoms with Crippen molar-refractivity contribution in [3.05, 3.63) is 63.6 Å². The van der Waals surface area contributed by atoms with Gasteiger partial charge in [-0.05, 0) is 17.2 Å². The number of hydrogen-bond donors (Lipinski definition) is 2. The van der Waals surface area contributed by atoms with E-state index in [4.69, 9.17) is 4.74 Å². The van der Waals surface area contributed by atoms with Crippen LogP contribution in [0, 0.1) is 0 Å². The Hall–Kier alpha value is -2.47. The fourth-order valence-electron chi connectivity index (χ4n) is 2.31. The van der Waals surface area contributed by atoms with Gasteiger partial charge in [-0.3, -0.25) is 9.59 Å². The molecule has 0 aliphatic carbocycles.